The molecular weight excluding hydrogens is 302 g/mol. The van der Waals surface area contributed by atoms with Gasteiger partial charge in [-0.1, -0.05) is 53.2 Å². The molecule has 0 aliphatic rings. The smallest absolute Gasteiger partial charge is 0.136 e. The maximum absolute atomic E-state index is 6.07. The van der Waals surface area contributed by atoms with Crippen LogP contribution in [0.5, 0.6) is 5.75 Å². The Morgan fingerprint density at radius 2 is 1.79 bits per heavy atom. The molecule has 0 amide bonds. The molecule has 0 aliphatic carbocycles. The molecule has 1 atom stereocenters. The number of rotatable bonds is 5. The lowest BCUT2D eigenvalue weighted by atomic mass is 10.1. The molecule has 0 aromatic heterocycles. The fraction of sp³-hybridized carbons (Fsp3) is 0.250. The number of hydrogen-bond acceptors (Lipinski definition) is 2. The average molecular weight is 320 g/mol. The number of benzene rings is 2. The van der Waals surface area contributed by atoms with Crippen molar-refractivity contribution in [2.45, 2.75) is 19.4 Å². The largest absolute Gasteiger partial charge is 0.484 e. The van der Waals surface area contributed by atoms with Crippen LogP contribution in [0, 0.1) is 0 Å². The summed E-state index contributed by atoms with van der Waals surface area (Å²) in [6.07, 6.45) is 0.842. The van der Waals surface area contributed by atoms with Crippen LogP contribution in [-0.2, 0) is 6.42 Å². The highest BCUT2D eigenvalue weighted by atomic mass is 79.9. The molecule has 2 aromatic carbocycles. The van der Waals surface area contributed by atoms with Gasteiger partial charge in [-0.15, -0.1) is 0 Å². The normalized spacial score (nSPS) is 12.2. The van der Waals surface area contributed by atoms with Gasteiger partial charge < -0.3 is 10.5 Å². The van der Waals surface area contributed by atoms with Gasteiger partial charge in [0, 0.05) is 11.0 Å². The Hall–Kier alpha value is -1.32. The van der Waals surface area contributed by atoms with Crippen molar-refractivity contribution in [3.8, 4) is 5.75 Å². The monoisotopic (exact) mass is 319 g/mol. The first-order chi connectivity index (χ1) is 9.24. The third-order valence-corrected chi connectivity index (χ3v) is 3.61. The lowest BCUT2D eigenvalue weighted by Crippen LogP contribution is -2.18. The number of hydrogen-bond donors (Lipinski definition) is 1. The van der Waals surface area contributed by atoms with Gasteiger partial charge >= 0.3 is 0 Å². The summed E-state index contributed by atoms with van der Waals surface area (Å²) >= 11 is 3.43. The third-order valence-electron chi connectivity index (χ3n) is 3.08. The molecule has 3 heteroatoms. The van der Waals surface area contributed by atoms with E-state index in [0.29, 0.717) is 6.54 Å². The van der Waals surface area contributed by atoms with E-state index >= 15 is 0 Å². The van der Waals surface area contributed by atoms with Crippen LogP contribution in [0.15, 0.2) is 53.0 Å². The summed E-state index contributed by atoms with van der Waals surface area (Å²) < 4.78 is 7.13. The highest BCUT2D eigenvalue weighted by molar-refractivity contribution is 9.10. The van der Waals surface area contributed by atoms with Crippen LogP contribution in [0.2, 0.25) is 0 Å². The predicted molar refractivity (Wildman–Crippen MR) is 82.4 cm³/mol. The van der Waals surface area contributed by atoms with Gasteiger partial charge in [-0.05, 0) is 35.7 Å². The Kier molecular flexibility index (Phi) is 5.00. The number of halogens is 1. The van der Waals surface area contributed by atoms with Gasteiger partial charge in [-0.2, -0.15) is 0 Å². The van der Waals surface area contributed by atoms with Crippen LogP contribution in [0.4, 0.5) is 0 Å². The maximum Gasteiger partial charge on any atom is 0.136 e. The summed E-state index contributed by atoms with van der Waals surface area (Å²) in [6.45, 7) is 2.58. The molecular formula is C16H18BrNO. The van der Waals surface area contributed by atoms with Crippen molar-refractivity contribution in [1.29, 1.82) is 0 Å². The van der Waals surface area contributed by atoms with Crippen LogP contribution in [-0.4, -0.2) is 6.54 Å². The molecule has 1 unspecified atom stereocenters. The summed E-state index contributed by atoms with van der Waals surface area (Å²) in [6, 6.07) is 16.2. The van der Waals surface area contributed by atoms with E-state index in [1.54, 1.807) is 0 Å². The van der Waals surface area contributed by atoms with E-state index in [-0.39, 0.29) is 6.10 Å². The molecule has 2 nitrogen and oxygen atoms in total. The van der Waals surface area contributed by atoms with E-state index in [2.05, 4.69) is 28.9 Å². The van der Waals surface area contributed by atoms with Crippen molar-refractivity contribution in [1.82, 2.24) is 0 Å². The molecule has 0 heterocycles. The number of ether oxygens (including phenoxy) is 1. The predicted octanol–water partition coefficient (Wildman–Crippen LogP) is 4.09. The summed E-state index contributed by atoms with van der Waals surface area (Å²) in [4.78, 5) is 0. The zero-order valence-electron chi connectivity index (χ0n) is 11.0. The average Bonchev–Trinajstić information content (AvgIpc) is 2.46. The van der Waals surface area contributed by atoms with Gasteiger partial charge in [-0.25, -0.2) is 0 Å². The first-order valence-corrected chi connectivity index (χ1v) is 7.24. The van der Waals surface area contributed by atoms with Crippen molar-refractivity contribution >= 4 is 15.9 Å². The van der Waals surface area contributed by atoms with E-state index in [1.165, 1.54) is 5.56 Å². The quantitative estimate of drug-likeness (QED) is 0.900. The van der Waals surface area contributed by atoms with Crippen molar-refractivity contribution in [2.75, 3.05) is 6.54 Å². The van der Waals surface area contributed by atoms with Crippen molar-refractivity contribution in [3.05, 3.63) is 64.1 Å². The van der Waals surface area contributed by atoms with E-state index in [1.807, 2.05) is 42.5 Å². The van der Waals surface area contributed by atoms with Gasteiger partial charge in [0.15, 0.2) is 0 Å². The minimum absolute atomic E-state index is 0.110. The van der Waals surface area contributed by atoms with Gasteiger partial charge in [0.05, 0.1) is 0 Å². The molecule has 2 rings (SSSR count). The van der Waals surface area contributed by atoms with Crippen molar-refractivity contribution in [3.63, 3.8) is 0 Å². The topological polar surface area (TPSA) is 35.2 Å². The second kappa shape index (κ2) is 6.73. The SMILES string of the molecule is CCc1ccccc1OC(CN)c1ccc(Br)cc1. The Balaban J connectivity index is 2.21. The van der Waals surface area contributed by atoms with Crippen molar-refractivity contribution in [2.24, 2.45) is 5.73 Å². The van der Waals surface area contributed by atoms with E-state index in [9.17, 15) is 0 Å². The number of nitrogens with two attached hydrogens (primary N) is 1. The Morgan fingerprint density at radius 1 is 1.11 bits per heavy atom. The van der Waals surface area contributed by atoms with Gasteiger partial charge in [-0.3, -0.25) is 0 Å². The van der Waals surface area contributed by atoms with E-state index in [0.717, 1.165) is 22.2 Å². The first-order valence-electron chi connectivity index (χ1n) is 6.44. The van der Waals surface area contributed by atoms with Crippen LogP contribution in [0.3, 0.4) is 0 Å². The summed E-state index contributed by atoms with van der Waals surface area (Å²) in [5, 5.41) is 0. The van der Waals surface area contributed by atoms with Gasteiger partial charge in [0.1, 0.15) is 11.9 Å². The highest BCUT2D eigenvalue weighted by Crippen LogP contribution is 2.26. The Morgan fingerprint density at radius 3 is 2.42 bits per heavy atom. The number of para-hydroxylation sites is 1. The minimum atomic E-state index is -0.110. The molecule has 0 spiro atoms. The maximum atomic E-state index is 6.07. The summed E-state index contributed by atoms with van der Waals surface area (Å²) in [5.41, 5.74) is 8.15. The molecule has 0 saturated heterocycles. The minimum Gasteiger partial charge on any atom is -0.484 e. The Bertz CT molecular complexity index is 525. The third kappa shape index (κ3) is 3.58. The fourth-order valence-corrected chi connectivity index (χ4v) is 2.26. The zero-order valence-corrected chi connectivity index (χ0v) is 12.6. The van der Waals surface area contributed by atoms with E-state index < -0.39 is 0 Å². The van der Waals surface area contributed by atoms with Crippen molar-refractivity contribution < 1.29 is 4.74 Å². The standard InChI is InChI=1S/C16H18BrNO/c1-2-12-5-3-4-6-15(12)19-16(11-18)13-7-9-14(17)10-8-13/h3-10,16H,2,11,18H2,1H3. The second-order valence-electron chi connectivity index (χ2n) is 4.36. The highest BCUT2D eigenvalue weighted by Gasteiger charge is 2.13. The second-order valence-corrected chi connectivity index (χ2v) is 5.27. The molecule has 0 fully saturated rings. The van der Waals surface area contributed by atoms with Gasteiger partial charge in [0.2, 0.25) is 0 Å². The molecule has 0 saturated carbocycles. The zero-order chi connectivity index (χ0) is 13.7. The van der Waals surface area contributed by atoms with Crippen LogP contribution in [0.25, 0.3) is 0 Å². The summed E-state index contributed by atoms with van der Waals surface area (Å²) in [5.74, 6) is 0.920. The fourth-order valence-electron chi connectivity index (χ4n) is 1.99. The van der Waals surface area contributed by atoms with Gasteiger partial charge in [0.25, 0.3) is 0 Å². The first kappa shape index (κ1) is 14.1. The Labute approximate surface area is 122 Å². The van der Waals surface area contributed by atoms with Crippen LogP contribution in [0.1, 0.15) is 24.2 Å². The molecule has 100 valence electrons. The lowest BCUT2D eigenvalue weighted by Gasteiger charge is -2.19. The number of aryl methyl sites for hydroxylation is 1. The molecule has 2 aromatic rings. The molecule has 0 bridgehead atoms. The van der Waals surface area contributed by atoms with E-state index in [4.69, 9.17) is 10.5 Å². The molecule has 2 N–H and O–H groups in total. The van der Waals surface area contributed by atoms with Crippen LogP contribution < -0.4 is 10.5 Å². The lowest BCUT2D eigenvalue weighted by molar-refractivity contribution is 0.212. The molecule has 0 radical (unpaired) electrons. The molecule has 0 aliphatic heterocycles. The molecule has 19 heavy (non-hydrogen) atoms. The van der Waals surface area contributed by atoms with Crippen LogP contribution >= 0.6 is 15.9 Å². The summed E-state index contributed by atoms with van der Waals surface area (Å²) in [7, 11) is 0.